The third-order valence-corrected chi connectivity index (χ3v) is 2.25. The summed E-state index contributed by atoms with van der Waals surface area (Å²) in [6.45, 7) is 3.88. The van der Waals surface area contributed by atoms with Gasteiger partial charge in [-0.15, -0.1) is 0 Å². The molecule has 2 N–H and O–H groups in total. The Bertz CT molecular complexity index is 321. The van der Waals surface area contributed by atoms with E-state index in [1.54, 1.807) is 26.0 Å². The molecule has 0 amide bonds. The second kappa shape index (κ2) is 4.71. The van der Waals surface area contributed by atoms with Gasteiger partial charge in [0.05, 0.1) is 0 Å². The van der Waals surface area contributed by atoms with Gasteiger partial charge in [-0.3, -0.25) is 0 Å². The predicted molar refractivity (Wildman–Crippen MR) is 57.7 cm³/mol. The lowest BCUT2D eigenvalue weighted by Gasteiger charge is -2.19. The summed E-state index contributed by atoms with van der Waals surface area (Å²) in [7, 11) is 0. The van der Waals surface area contributed by atoms with Crippen molar-refractivity contribution in [2.75, 3.05) is 0 Å². The Morgan fingerprint density at radius 2 is 2.00 bits per heavy atom. The Morgan fingerprint density at radius 3 is 2.53 bits per heavy atom. The summed E-state index contributed by atoms with van der Waals surface area (Å²) < 4.78 is 27.4. The van der Waals surface area contributed by atoms with Crippen LogP contribution >= 0.6 is 0 Å². The Morgan fingerprint density at radius 1 is 1.33 bits per heavy atom. The highest BCUT2D eigenvalue weighted by molar-refractivity contribution is 5.26. The Hall–Kier alpha value is -0.960. The molecule has 0 saturated carbocycles. The molecule has 0 spiro atoms. The Balaban J connectivity index is 2.93. The van der Waals surface area contributed by atoms with Crippen LogP contribution in [0.1, 0.15) is 31.4 Å². The summed E-state index contributed by atoms with van der Waals surface area (Å²) in [5.74, 6) is -2.78. The first-order chi connectivity index (χ1) is 6.95. The predicted octanol–water partition coefficient (Wildman–Crippen LogP) is 3.28. The topological polar surface area (TPSA) is 26.0 Å². The normalized spacial score (nSPS) is 12.1. The van der Waals surface area contributed by atoms with Gasteiger partial charge in [0, 0.05) is 18.5 Å². The smallest absolute Gasteiger partial charge is 0.273 e. The van der Waals surface area contributed by atoms with Gasteiger partial charge in [-0.25, -0.2) is 8.78 Å². The summed E-state index contributed by atoms with van der Waals surface area (Å²) in [5, 5.41) is 0. The van der Waals surface area contributed by atoms with E-state index in [0.29, 0.717) is 6.54 Å². The zero-order chi connectivity index (χ0) is 11.5. The monoisotopic (exact) mass is 213 g/mol. The van der Waals surface area contributed by atoms with Gasteiger partial charge in [0.1, 0.15) is 0 Å². The molecule has 0 radical (unpaired) electrons. The van der Waals surface area contributed by atoms with Gasteiger partial charge in [-0.2, -0.15) is 0 Å². The molecule has 1 rings (SSSR count). The van der Waals surface area contributed by atoms with Crippen LogP contribution in [0.15, 0.2) is 24.3 Å². The van der Waals surface area contributed by atoms with Crippen molar-refractivity contribution in [1.82, 2.24) is 0 Å². The minimum absolute atomic E-state index is 0.0264. The Labute approximate surface area is 89.3 Å². The fourth-order valence-corrected chi connectivity index (χ4v) is 1.56. The van der Waals surface area contributed by atoms with E-state index in [1.807, 2.05) is 0 Å². The van der Waals surface area contributed by atoms with Gasteiger partial charge >= 0.3 is 0 Å². The summed E-state index contributed by atoms with van der Waals surface area (Å²) in [4.78, 5) is 0. The maximum atomic E-state index is 13.7. The minimum atomic E-state index is -2.75. The SMILES string of the molecule is CC(C)CC(F)(F)c1cccc(CN)c1. The highest BCUT2D eigenvalue weighted by atomic mass is 19.3. The van der Waals surface area contributed by atoms with Crippen LogP contribution in [0, 0.1) is 5.92 Å². The van der Waals surface area contributed by atoms with Crippen molar-refractivity contribution in [3.8, 4) is 0 Å². The van der Waals surface area contributed by atoms with Crippen LogP contribution in [0.4, 0.5) is 8.78 Å². The number of hydrogen-bond acceptors (Lipinski definition) is 1. The third kappa shape index (κ3) is 3.27. The van der Waals surface area contributed by atoms with Crippen molar-refractivity contribution < 1.29 is 8.78 Å². The van der Waals surface area contributed by atoms with Crippen LogP contribution in [-0.4, -0.2) is 0 Å². The molecule has 0 unspecified atom stereocenters. The molecular weight excluding hydrogens is 196 g/mol. The first-order valence-corrected chi connectivity index (χ1v) is 5.13. The molecule has 0 aliphatic rings. The van der Waals surface area contributed by atoms with Crippen molar-refractivity contribution in [3.05, 3.63) is 35.4 Å². The molecule has 1 aromatic rings. The van der Waals surface area contributed by atoms with E-state index in [0.717, 1.165) is 5.56 Å². The number of rotatable bonds is 4. The van der Waals surface area contributed by atoms with E-state index in [-0.39, 0.29) is 17.9 Å². The lowest BCUT2D eigenvalue weighted by Crippen LogP contribution is -2.16. The lowest BCUT2D eigenvalue weighted by molar-refractivity contribution is -0.0249. The number of benzene rings is 1. The molecule has 15 heavy (non-hydrogen) atoms. The number of nitrogens with two attached hydrogens (primary N) is 1. The van der Waals surface area contributed by atoms with Gasteiger partial charge in [0.15, 0.2) is 0 Å². The highest BCUT2D eigenvalue weighted by Crippen LogP contribution is 2.34. The van der Waals surface area contributed by atoms with E-state index in [2.05, 4.69) is 0 Å². The standard InChI is InChI=1S/C12H17F2N/c1-9(2)7-12(13,14)11-5-3-4-10(6-11)8-15/h3-6,9H,7-8,15H2,1-2H3. The third-order valence-electron chi connectivity index (χ3n) is 2.25. The maximum absolute atomic E-state index is 13.7. The second-order valence-electron chi connectivity index (χ2n) is 4.21. The molecule has 3 heteroatoms. The maximum Gasteiger partial charge on any atom is 0.273 e. The molecule has 0 bridgehead atoms. The second-order valence-corrected chi connectivity index (χ2v) is 4.21. The van der Waals surface area contributed by atoms with Gasteiger partial charge in [-0.1, -0.05) is 32.0 Å². The molecular formula is C12H17F2N. The molecule has 1 aromatic carbocycles. The van der Waals surface area contributed by atoms with Crippen LogP contribution in [-0.2, 0) is 12.5 Å². The average Bonchev–Trinajstić information content (AvgIpc) is 2.16. The molecule has 0 saturated heterocycles. The molecule has 0 aromatic heterocycles. The Kier molecular flexibility index (Phi) is 3.80. The molecule has 0 fully saturated rings. The first-order valence-electron chi connectivity index (χ1n) is 5.13. The van der Waals surface area contributed by atoms with Crippen LogP contribution in [0.5, 0.6) is 0 Å². The van der Waals surface area contributed by atoms with Crippen LogP contribution in [0.3, 0.4) is 0 Å². The molecule has 0 heterocycles. The minimum Gasteiger partial charge on any atom is -0.326 e. The molecule has 84 valence electrons. The van der Waals surface area contributed by atoms with Gasteiger partial charge in [-0.05, 0) is 17.5 Å². The van der Waals surface area contributed by atoms with Crippen LogP contribution < -0.4 is 5.73 Å². The average molecular weight is 213 g/mol. The lowest BCUT2D eigenvalue weighted by atomic mass is 9.97. The quantitative estimate of drug-likeness (QED) is 0.816. The fraction of sp³-hybridized carbons (Fsp3) is 0.500. The van der Waals surface area contributed by atoms with Crippen molar-refractivity contribution in [3.63, 3.8) is 0 Å². The summed E-state index contributed by atoms with van der Waals surface area (Å²) >= 11 is 0. The summed E-state index contributed by atoms with van der Waals surface area (Å²) in [5.41, 5.74) is 6.23. The summed E-state index contributed by atoms with van der Waals surface area (Å²) in [6.07, 6.45) is -0.124. The number of alkyl halides is 2. The molecule has 0 aliphatic carbocycles. The van der Waals surface area contributed by atoms with Gasteiger partial charge in [0.25, 0.3) is 5.92 Å². The van der Waals surface area contributed by atoms with Crippen molar-refractivity contribution >= 4 is 0 Å². The molecule has 0 atom stereocenters. The van der Waals surface area contributed by atoms with E-state index in [4.69, 9.17) is 5.73 Å². The van der Waals surface area contributed by atoms with Gasteiger partial charge < -0.3 is 5.73 Å². The van der Waals surface area contributed by atoms with Crippen molar-refractivity contribution in [2.45, 2.75) is 32.7 Å². The zero-order valence-corrected chi connectivity index (χ0v) is 9.13. The first kappa shape index (κ1) is 12.1. The number of hydrogen-bond donors (Lipinski definition) is 1. The fourth-order valence-electron chi connectivity index (χ4n) is 1.56. The highest BCUT2D eigenvalue weighted by Gasteiger charge is 2.32. The zero-order valence-electron chi connectivity index (χ0n) is 9.13. The number of halogens is 2. The largest absolute Gasteiger partial charge is 0.326 e. The van der Waals surface area contributed by atoms with E-state index in [9.17, 15) is 8.78 Å². The van der Waals surface area contributed by atoms with E-state index < -0.39 is 5.92 Å². The molecule has 0 aliphatic heterocycles. The molecule has 1 nitrogen and oxygen atoms in total. The van der Waals surface area contributed by atoms with Gasteiger partial charge in [0.2, 0.25) is 0 Å². The van der Waals surface area contributed by atoms with Crippen molar-refractivity contribution in [2.24, 2.45) is 11.7 Å². The van der Waals surface area contributed by atoms with Crippen molar-refractivity contribution in [1.29, 1.82) is 0 Å². The van der Waals surface area contributed by atoms with Crippen LogP contribution in [0.2, 0.25) is 0 Å². The van der Waals surface area contributed by atoms with Crippen LogP contribution in [0.25, 0.3) is 0 Å². The van der Waals surface area contributed by atoms with E-state index in [1.165, 1.54) is 12.1 Å². The van der Waals surface area contributed by atoms with E-state index >= 15 is 0 Å². The summed E-state index contributed by atoms with van der Waals surface area (Å²) in [6, 6.07) is 6.34.